The molecule has 0 radical (unpaired) electrons. The molecule has 1 fully saturated rings. The number of piperidine rings is 1. The second-order valence-corrected chi connectivity index (χ2v) is 12.2. The van der Waals surface area contributed by atoms with Gasteiger partial charge in [-0.2, -0.15) is 0 Å². The van der Waals surface area contributed by atoms with Crippen LogP contribution in [0.15, 0.2) is 29.8 Å². The molecule has 4 heterocycles. The fourth-order valence-electron chi connectivity index (χ4n) is 5.42. The Hall–Kier alpha value is -3.53. The predicted molar refractivity (Wildman–Crippen MR) is 137 cm³/mol. The van der Waals surface area contributed by atoms with E-state index < -0.39 is 29.7 Å². The maximum absolute atomic E-state index is 13.3. The van der Waals surface area contributed by atoms with Crippen LogP contribution in [0.3, 0.4) is 0 Å². The summed E-state index contributed by atoms with van der Waals surface area (Å²) in [6.07, 6.45) is 3.07. The van der Waals surface area contributed by atoms with E-state index in [1.54, 1.807) is 18.2 Å². The Kier molecular flexibility index (Phi) is 5.55. The van der Waals surface area contributed by atoms with Crippen molar-refractivity contribution in [3.8, 4) is 11.3 Å². The number of thiazole rings is 1. The number of fused-ring (bicyclic) bond motifs is 2. The number of nitrogens with zero attached hydrogens (tertiary/aromatic N) is 3. The van der Waals surface area contributed by atoms with E-state index in [1.165, 1.54) is 11.3 Å². The lowest BCUT2D eigenvalue weighted by molar-refractivity contribution is -0.136. The zero-order valence-corrected chi connectivity index (χ0v) is 21.8. The molecule has 1 unspecified atom stereocenters. The number of imide groups is 2. The first kappa shape index (κ1) is 24.2. The third kappa shape index (κ3) is 4.19. The second kappa shape index (κ2) is 8.26. The van der Waals surface area contributed by atoms with Crippen molar-refractivity contribution >= 4 is 45.7 Å². The normalized spacial score (nSPS) is 18.7. The van der Waals surface area contributed by atoms with Gasteiger partial charge in [0.05, 0.1) is 11.1 Å². The fraction of sp³-hybridized carbons (Fsp3) is 0.423. The molecule has 2 aromatic heterocycles. The SMILES string of the molecule is CC(C)(C)CC(C)(C)Nc1c(-c2ccc3c(c2)C(=O)N(C2CCC(=O)NC2=O)C3=O)nc2sccn12. The Morgan fingerprint density at radius 2 is 1.81 bits per heavy atom. The zero-order chi connectivity index (χ0) is 26.0. The summed E-state index contributed by atoms with van der Waals surface area (Å²) in [5, 5.41) is 7.86. The highest BCUT2D eigenvalue weighted by atomic mass is 32.1. The first-order chi connectivity index (χ1) is 16.8. The molecule has 188 valence electrons. The van der Waals surface area contributed by atoms with Crippen molar-refractivity contribution in [1.29, 1.82) is 0 Å². The number of rotatable bonds is 5. The number of aromatic nitrogens is 2. The molecular weight excluding hydrogens is 478 g/mol. The van der Waals surface area contributed by atoms with Crippen LogP contribution in [0, 0.1) is 5.41 Å². The van der Waals surface area contributed by atoms with Crippen LogP contribution >= 0.6 is 11.3 Å². The highest BCUT2D eigenvalue weighted by molar-refractivity contribution is 7.15. The average molecular weight is 508 g/mol. The predicted octanol–water partition coefficient (Wildman–Crippen LogP) is 4.09. The number of imidazole rings is 1. The van der Waals surface area contributed by atoms with E-state index in [0.29, 0.717) is 11.3 Å². The Bertz CT molecular complexity index is 1430. The minimum Gasteiger partial charge on any atom is -0.364 e. The van der Waals surface area contributed by atoms with Crippen molar-refractivity contribution < 1.29 is 19.2 Å². The van der Waals surface area contributed by atoms with Gasteiger partial charge in [-0.3, -0.25) is 33.8 Å². The maximum atomic E-state index is 13.3. The summed E-state index contributed by atoms with van der Waals surface area (Å²) in [5.41, 5.74) is 1.73. The summed E-state index contributed by atoms with van der Waals surface area (Å²) < 4.78 is 2.00. The van der Waals surface area contributed by atoms with Gasteiger partial charge < -0.3 is 5.32 Å². The number of anilines is 1. The van der Waals surface area contributed by atoms with E-state index in [9.17, 15) is 19.2 Å². The summed E-state index contributed by atoms with van der Waals surface area (Å²) in [6, 6.07) is 4.09. The lowest BCUT2D eigenvalue weighted by Crippen LogP contribution is -2.54. The quantitative estimate of drug-likeness (QED) is 0.503. The van der Waals surface area contributed by atoms with Gasteiger partial charge in [0.2, 0.25) is 11.8 Å². The molecule has 5 rings (SSSR count). The van der Waals surface area contributed by atoms with Gasteiger partial charge in [-0.25, -0.2) is 4.98 Å². The van der Waals surface area contributed by atoms with Crippen LogP contribution in [-0.4, -0.2) is 49.5 Å². The maximum Gasteiger partial charge on any atom is 0.262 e. The van der Waals surface area contributed by atoms with Crippen molar-refractivity contribution in [2.75, 3.05) is 5.32 Å². The van der Waals surface area contributed by atoms with Crippen molar-refractivity contribution in [3.63, 3.8) is 0 Å². The molecule has 1 atom stereocenters. The van der Waals surface area contributed by atoms with Crippen molar-refractivity contribution in [3.05, 3.63) is 40.9 Å². The van der Waals surface area contributed by atoms with E-state index >= 15 is 0 Å². The molecule has 36 heavy (non-hydrogen) atoms. The summed E-state index contributed by atoms with van der Waals surface area (Å²) in [6.45, 7) is 10.9. The van der Waals surface area contributed by atoms with E-state index in [0.717, 1.165) is 22.1 Å². The highest BCUT2D eigenvalue weighted by Gasteiger charge is 2.44. The van der Waals surface area contributed by atoms with E-state index in [-0.39, 0.29) is 34.9 Å². The Balaban J connectivity index is 1.52. The molecule has 1 aromatic carbocycles. The largest absolute Gasteiger partial charge is 0.364 e. The molecule has 2 aliphatic rings. The van der Waals surface area contributed by atoms with Crippen LogP contribution < -0.4 is 10.6 Å². The molecular formula is C26H29N5O4S. The molecule has 1 saturated heterocycles. The number of hydrogen-bond acceptors (Lipinski definition) is 7. The average Bonchev–Trinajstić information content (AvgIpc) is 3.41. The molecule has 0 saturated carbocycles. The fourth-order valence-corrected chi connectivity index (χ4v) is 6.13. The van der Waals surface area contributed by atoms with Gasteiger partial charge in [0.15, 0.2) is 4.96 Å². The van der Waals surface area contributed by atoms with Crippen LogP contribution in [-0.2, 0) is 9.59 Å². The number of amides is 4. The third-order valence-corrected chi connectivity index (χ3v) is 7.16. The Morgan fingerprint density at radius 1 is 1.08 bits per heavy atom. The minimum atomic E-state index is -0.994. The van der Waals surface area contributed by atoms with Gasteiger partial charge >= 0.3 is 0 Å². The molecule has 2 aliphatic heterocycles. The second-order valence-electron chi connectivity index (χ2n) is 11.3. The summed E-state index contributed by atoms with van der Waals surface area (Å²) >= 11 is 1.51. The van der Waals surface area contributed by atoms with E-state index in [4.69, 9.17) is 4.98 Å². The minimum absolute atomic E-state index is 0.0832. The molecule has 0 aliphatic carbocycles. The topological polar surface area (TPSA) is 113 Å². The molecule has 3 aromatic rings. The van der Waals surface area contributed by atoms with Crippen LogP contribution in [0.5, 0.6) is 0 Å². The van der Waals surface area contributed by atoms with Crippen molar-refractivity contribution in [2.45, 2.75) is 65.5 Å². The molecule has 2 N–H and O–H groups in total. The summed E-state index contributed by atoms with van der Waals surface area (Å²) in [5.74, 6) is -1.26. The zero-order valence-electron chi connectivity index (χ0n) is 21.0. The van der Waals surface area contributed by atoms with Gasteiger partial charge in [0.1, 0.15) is 17.6 Å². The number of carbonyl (C=O) groups is 4. The van der Waals surface area contributed by atoms with Gasteiger partial charge in [-0.05, 0) is 44.2 Å². The van der Waals surface area contributed by atoms with Gasteiger partial charge in [-0.1, -0.05) is 26.8 Å². The van der Waals surface area contributed by atoms with Crippen molar-refractivity contribution in [2.24, 2.45) is 5.41 Å². The summed E-state index contributed by atoms with van der Waals surface area (Å²) in [4.78, 5) is 56.9. The van der Waals surface area contributed by atoms with Crippen LogP contribution in [0.4, 0.5) is 5.82 Å². The van der Waals surface area contributed by atoms with Crippen LogP contribution in [0.1, 0.15) is 74.6 Å². The number of benzene rings is 1. The van der Waals surface area contributed by atoms with Gasteiger partial charge in [-0.15, -0.1) is 11.3 Å². The first-order valence-electron chi connectivity index (χ1n) is 11.9. The molecule has 4 amide bonds. The Morgan fingerprint density at radius 3 is 2.50 bits per heavy atom. The number of nitrogens with one attached hydrogen (secondary N) is 2. The molecule has 0 spiro atoms. The molecule has 10 heteroatoms. The number of carbonyl (C=O) groups excluding carboxylic acids is 4. The first-order valence-corrected chi connectivity index (χ1v) is 12.8. The van der Waals surface area contributed by atoms with Gasteiger partial charge in [0.25, 0.3) is 11.8 Å². The monoisotopic (exact) mass is 507 g/mol. The standard InChI is InChI=1S/C26H29N5O4S/c1-25(2,3)13-26(4,5)29-20-19(28-24-30(20)10-11-36-24)14-6-7-15-16(12-14)23(35)31(22(15)34)17-8-9-18(32)27-21(17)33/h6-7,10-12,17,29H,8-9,13H2,1-5H3,(H,27,32,33). The molecule has 9 nitrogen and oxygen atoms in total. The summed E-state index contributed by atoms with van der Waals surface area (Å²) in [7, 11) is 0. The highest BCUT2D eigenvalue weighted by Crippen LogP contribution is 2.38. The van der Waals surface area contributed by atoms with Crippen molar-refractivity contribution in [1.82, 2.24) is 19.6 Å². The number of hydrogen-bond donors (Lipinski definition) is 2. The van der Waals surface area contributed by atoms with E-state index in [2.05, 4.69) is 45.3 Å². The van der Waals surface area contributed by atoms with E-state index in [1.807, 2.05) is 16.0 Å². The van der Waals surface area contributed by atoms with Gasteiger partial charge in [0, 0.05) is 29.1 Å². The van der Waals surface area contributed by atoms with Crippen LogP contribution in [0.25, 0.3) is 16.2 Å². The lowest BCUT2D eigenvalue weighted by atomic mass is 9.82. The van der Waals surface area contributed by atoms with Crippen LogP contribution in [0.2, 0.25) is 0 Å². The third-order valence-electron chi connectivity index (χ3n) is 6.40. The lowest BCUT2D eigenvalue weighted by Gasteiger charge is -2.34. The molecule has 0 bridgehead atoms. The smallest absolute Gasteiger partial charge is 0.262 e. The Labute approximate surface area is 212 Å².